The van der Waals surface area contributed by atoms with Gasteiger partial charge in [0, 0.05) is 24.5 Å². The number of pyridine rings is 1. The Hall–Kier alpha value is -3.67. The van der Waals surface area contributed by atoms with Crippen molar-refractivity contribution in [1.29, 1.82) is 0 Å². The van der Waals surface area contributed by atoms with Crippen molar-refractivity contribution in [2.24, 2.45) is 0 Å². The largest absolute Gasteiger partial charge is 0.443 e. The number of anilines is 1. The molecule has 1 N–H and O–H groups in total. The normalized spacial score (nSPS) is 15.2. The molecule has 1 atom stereocenters. The molecule has 2 heterocycles. The quantitative estimate of drug-likeness (QED) is 0.630. The van der Waals surface area contributed by atoms with Gasteiger partial charge in [-0.05, 0) is 68.1 Å². The van der Waals surface area contributed by atoms with Gasteiger partial charge in [-0.1, -0.05) is 36.4 Å². The topological polar surface area (TPSA) is 71.5 Å². The molecule has 1 aromatic heterocycles. The van der Waals surface area contributed by atoms with Crippen LogP contribution in [0.4, 0.5) is 10.5 Å². The zero-order valence-electron chi connectivity index (χ0n) is 18.5. The predicted molar refractivity (Wildman–Crippen MR) is 123 cm³/mol. The van der Waals surface area contributed by atoms with Crippen LogP contribution in [0.15, 0.2) is 73.1 Å². The van der Waals surface area contributed by atoms with Gasteiger partial charge < -0.3 is 10.1 Å². The number of hydrogen-bond acceptors (Lipinski definition) is 4. The maximum absolute atomic E-state index is 13.0. The van der Waals surface area contributed by atoms with Crippen LogP contribution in [-0.2, 0) is 17.7 Å². The summed E-state index contributed by atoms with van der Waals surface area (Å²) in [6.45, 7) is 6.00. The number of nitrogens with one attached hydrogen (secondary N) is 1. The van der Waals surface area contributed by atoms with Crippen LogP contribution >= 0.6 is 0 Å². The number of para-hydroxylation sites is 1. The number of ether oxygens (including phenoxy) is 1. The van der Waals surface area contributed by atoms with E-state index in [1.807, 2.05) is 69.3 Å². The summed E-state index contributed by atoms with van der Waals surface area (Å²) >= 11 is 0. The van der Waals surface area contributed by atoms with Crippen molar-refractivity contribution in [1.82, 2.24) is 10.3 Å². The Labute approximate surface area is 188 Å². The third kappa shape index (κ3) is 4.80. The minimum Gasteiger partial charge on any atom is -0.443 e. The van der Waals surface area contributed by atoms with Crippen LogP contribution in [0.3, 0.4) is 0 Å². The molecule has 32 heavy (non-hydrogen) atoms. The molecule has 0 saturated carbocycles. The Bertz CT molecular complexity index is 1110. The van der Waals surface area contributed by atoms with E-state index in [4.69, 9.17) is 4.74 Å². The Morgan fingerprint density at radius 3 is 2.50 bits per heavy atom. The van der Waals surface area contributed by atoms with E-state index in [0.717, 1.165) is 22.4 Å². The fourth-order valence-electron chi connectivity index (χ4n) is 3.83. The molecule has 0 aliphatic carbocycles. The van der Waals surface area contributed by atoms with Gasteiger partial charge in [-0.3, -0.25) is 14.7 Å². The van der Waals surface area contributed by atoms with E-state index < -0.39 is 5.60 Å². The smallest absolute Gasteiger partial charge is 0.415 e. The van der Waals surface area contributed by atoms with Gasteiger partial charge in [0.15, 0.2) is 0 Å². The lowest BCUT2D eigenvalue weighted by molar-refractivity contribution is 0.0569. The summed E-state index contributed by atoms with van der Waals surface area (Å²) in [5, 5.41) is 2.91. The number of nitrogens with zero attached hydrogens (tertiary/aromatic N) is 2. The van der Waals surface area contributed by atoms with Crippen LogP contribution in [-0.4, -0.2) is 22.6 Å². The minimum atomic E-state index is -0.588. The number of fused-ring (bicyclic) bond motifs is 1. The lowest BCUT2D eigenvalue weighted by atomic mass is 10.0. The van der Waals surface area contributed by atoms with E-state index in [-0.39, 0.29) is 18.0 Å². The summed E-state index contributed by atoms with van der Waals surface area (Å²) in [5.41, 5.74) is 3.84. The Morgan fingerprint density at radius 1 is 1.06 bits per heavy atom. The van der Waals surface area contributed by atoms with Crippen LogP contribution in [0.1, 0.15) is 53.9 Å². The second kappa shape index (κ2) is 8.83. The average Bonchev–Trinajstić information content (AvgIpc) is 3.17. The van der Waals surface area contributed by atoms with Gasteiger partial charge in [0.05, 0.1) is 11.7 Å². The number of rotatable bonds is 4. The summed E-state index contributed by atoms with van der Waals surface area (Å²) < 4.78 is 5.68. The molecule has 164 valence electrons. The van der Waals surface area contributed by atoms with E-state index in [1.165, 1.54) is 0 Å². The maximum Gasteiger partial charge on any atom is 0.415 e. The number of carbonyl (C=O) groups excluding carboxylic acids is 2. The van der Waals surface area contributed by atoms with Crippen molar-refractivity contribution in [3.8, 4) is 0 Å². The zero-order valence-corrected chi connectivity index (χ0v) is 18.5. The van der Waals surface area contributed by atoms with Crippen LogP contribution in [0.25, 0.3) is 0 Å². The standard InChI is InChI=1S/C26H27N3O3/c1-26(2,3)32-25(31)29-22-9-5-4-8-21(22)15-23(29)19-10-12-20(13-11-19)24(30)28-17-18-7-6-14-27-16-18/h4-14,16,23H,15,17H2,1-3H3,(H,28,30). The number of benzene rings is 2. The Kier molecular flexibility index (Phi) is 5.95. The molecule has 1 unspecified atom stereocenters. The first-order valence-corrected chi connectivity index (χ1v) is 10.7. The number of hydrogen-bond donors (Lipinski definition) is 1. The first-order valence-electron chi connectivity index (χ1n) is 10.7. The van der Waals surface area contributed by atoms with Crippen molar-refractivity contribution < 1.29 is 14.3 Å². The molecule has 6 nitrogen and oxygen atoms in total. The van der Waals surface area contributed by atoms with Crippen molar-refractivity contribution >= 4 is 17.7 Å². The molecule has 0 radical (unpaired) electrons. The zero-order chi connectivity index (χ0) is 22.7. The van der Waals surface area contributed by atoms with Gasteiger partial charge in [-0.2, -0.15) is 0 Å². The minimum absolute atomic E-state index is 0.154. The molecule has 3 aromatic rings. The van der Waals surface area contributed by atoms with Crippen molar-refractivity contribution in [3.05, 3.63) is 95.3 Å². The third-order valence-corrected chi connectivity index (χ3v) is 5.30. The van der Waals surface area contributed by atoms with Crippen molar-refractivity contribution in [2.75, 3.05) is 4.90 Å². The van der Waals surface area contributed by atoms with E-state index in [1.54, 1.807) is 29.4 Å². The highest BCUT2D eigenvalue weighted by Gasteiger charge is 2.37. The third-order valence-electron chi connectivity index (χ3n) is 5.30. The van der Waals surface area contributed by atoms with Crippen molar-refractivity contribution in [3.63, 3.8) is 0 Å². The molecule has 0 saturated heterocycles. The van der Waals surface area contributed by atoms with Gasteiger partial charge in [-0.25, -0.2) is 4.79 Å². The summed E-state index contributed by atoms with van der Waals surface area (Å²) in [5.74, 6) is -0.154. The lowest BCUT2D eigenvalue weighted by Crippen LogP contribution is -2.37. The van der Waals surface area contributed by atoms with Crippen LogP contribution in [0.5, 0.6) is 0 Å². The highest BCUT2D eigenvalue weighted by Crippen LogP contribution is 2.41. The molecule has 6 heteroatoms. The van der Waals surface area contributed by atoms with Gasteiger partial charge in [0.25, 0.3) is 5.91 Å². The molecule has 2 aromatic carbocycles. The molecule has 1 aliphatic rings. The fourth-order valence-corrected chi connectivity index (χ4v) is 3.83. The Morgan fingerprint density at radius 2 is 1.81 bits per heavy atom. The van der Waals surface area contributed by atoms with E-state index >= 15 is 0 Å². The first-order chi connectivity index (χ1) is 15.3. The highest BCUT2D eigenvalue weighted by molar-refractivity contribution is 5.94. The molecule has 1 aliphatic heterocycles. The SMILES string of the molecule is CC(C)(C)OC(=O)N1c2ccccc2CC1c1ccc(C(=O)NCc2cccnc2)cc1. The van der Waals surface area contributed by atoms with Crippen LogP contribution < -0.4 is 10.2 Å². The second-order valence-corrected chi connectivity index (χ2v) is 8.86. The molecule has 0 bridgehead atoms. The molecular weight excluding hydrogens is 402 g/mol. The van der Waals surface area contributed by atoms with Gasteiger partial charge >= 0.3 is 6.09 Å². The second-order valence-electron chi connectivity index (χ2n) is 8.86. The number of carbonyl (C=O) groups is 2. The summed E-state index contributed by atoms with van der Waals surface area (Å²) in [7, 11) is 0. The molecule has 0 fully saturated rings. The number of amides is 2. The summed E-state index contributed by atoms with van der Waals surface area (Å²) in [4.78, 5) is 31.4. The number of aromatic nitrogens is 1. The molecular formula is C26H27N3O3. The molecule has 2 amide bonds. The predicted octanol–water partition coefficient (Wildman–Crippen LogP) is 5.05. The first kappa shape index (κ1) is 21.6. The van der Waals surface area contributed by atoms with Gasteiger partial charge in [0.2, 0.25) is 0 Å². The maximum atomic E-state index is 13.0. The lowest BCUT2D eigenvalue weighted by Gasteiger charge is -2.29. The summed E-state index contributed by atoms with van der Waals surface area (Å²) in [6.07, 6.45) is 3.76. The fraction of sp³-hybridized carbons (Fsp3) is 0.269. The molecule has 4 rings (SSSR count). The van der Waals surface area contributed by atoms with E-state index in [9.17, 15) is 9.59 Å². The summed E-state index contributed by atoms with van der Waals surface area (Å²) in [6, 6.07) is 18.9. The Balaban J connectivity index is 1.52. The van der Waals surface area contributed by atoms with Crippen molar-refractivity contribution in [2.45, 2.75) is 45.4 Å². The van der Waals surface area contributed by atoms with E-state index in [0.29, 0.717) is 18.5 Å². The van der Waals surface area contributed by atoms with E-state index in [2.05, 4.69) is 10.3 Å². The van der Waals surface area contributed by atoms with Crippen LogP contribution in [0.2, 0.25) is 0 Å². The van der Waals surface area contributed by atoms with Crippen LogP contribution in [0, 0.1) is 0 Å². The molecule has 0 spiro atoms. The average molecular weight is 430 g/mol. The monoisotopic (exact) mass is 429 g/mol. The van der Waals surface area contributed by atoms with Gasteiger partial charge in [-0.15, -0.1) is 0 Å². The van der Waals surface area contributed by atoms with Gasteiger partial charge in [0.1, 0.15) is 5.60 Å². The highest BCUT2D eigenvalue weighted by atomic mass is 16.6.